The molecule has 2 N–H and O–H groups in total. The lowest BCUT2D eigenvalue weighted by Gasteiger charge is -2.50. The van der Waals surface area contributed by atoms with Gasteiger partial charge in [0.1, 0.15) is 5.75 Å². The van der Waals surface area contributed by atoms with Crippen LogP contribution in [0.25, 0.3) is 0 Å². The number of para-hydroxylation sites is 1. The van der Waals surface area contributed by atoms with Gasteiger partial charge in [-0.05, 0) is 48.9 Å². The van der Waals surface area contributed by atoms with E-state index in [9.17, 15) is 9.59 Å². The molecule has 2 heterocycles. The molecule has 3 aromatic rings. The second-order valence-corrected chi connectivity index (χ2v) is 8.65. The van der Waals surface area contributed by atoms with Gasteiger partial charge in [0.15, 0.2) is 5.72 Å². The van der Waals surface area contributed by atoms with Crippen LogP contribution in [0.3, 0.4) is 0 Å². The summed E-state index contributed by atoms with van der Waals surface area (Å²) in [5.41, 5.74) is 2.13. The van der Waals surface area contributed by atoms with Crippen LogP contribution in [-0.4, -0.2) is 17.7 Å². The van der Waals surface area contributed by atoms with Gasteiger partial charge in [0.05, 0.1) is 11.7 Å². The molecule has 1 saturated heterocycles. The first-order chi connectivity index (χ1) is 15.4. The lowest BCUT2D eigenvalue weighted by Crippen LogP contribution is -2.65. The van der Waals surface area contributed by atoms with Gasteiger partial charge in [-0.1, -0.05) is 48.0 Å². The molecular weight excluding hydrogens is 426 g/mol. The summed E-state index contributed by atoms with van der Waals surface area (Å²) in [4.78, 5) is 27.4. The van der Waals surface area contributed by atoms with E-state index in [0.717, 1.165) is 16.9 Å². The van der Waals surface area contributed by atoms with E-state index in [1.165, 1.54) is 0 Å². The zero-order valence-electron chi connectivity index (χ0n) is 17.5. The van der Waals surface area contributed by atoms with Gasteiger partial charge in [-0.2, -0.15) is 0 Å². The number of hydrogen-bond acceptors (Lipinski definition) is 3. The summed E-state index contributed by atoms with van der Waals surface area (Å²) >= 11 is 5.91. The Balaban J connectivity index is 1.38. The Morgan fingerprint density at radius 3 is 2.75 bits per heavy atom. The molecule has 0 spiro atoms. The summed E-state index contributed by atoms with van der Waals surface area (Å²) in [5, 5.41) is 6.63. The van der Waals surface area contributed by atoms with E-state index >= 15 is 0 Å². The second-order valence-electron chi connectivity index (χ2n) is 8.22. The largest absolute Gasteiger partial charge is 0.467 e. The van der Waals surface area contributed by atoms with Gasteiger partial charge in [0, 0.05) is 29.1 Å². The van der Waals surface area contributed by atoms with Crippen molar-refractivity contribution in [2.75, 3.05) is 4.90 Å². The van der Waals surface area contributed by atoms with Gasteiger partial charge < -0.3 is 15.4 Å². The van der Waals surface area contributed by atoms with Crippen molar-refractivity contribution in [1.29, 1.82) is 0 Å². The van der Waals surface area contributed by atoms with E-state index in [2.05, 4.69) is 10.6 Å². The smallest absolute Gasteiger partial charge is 0.325 e. The predicted molar refractivity (Wildman–Crippen MR) is 123 cm³/mol. The molecule has 0 aromatic heterocycles. The number of anilines is 1. The van der Waals surface area contributed by atoms with Crippen LogP contribution in [0.2, 0.25) is 5.02 Å². The molecule has 2 unspecified atom stereocenters. The van der Waals surface area contributed by atoms with Crippen LogP contribution in [0.4, 0.5) is 10.5 Å². The van der Waals surface area contributed by atoms with Crippen molar-refractivity contribution in [3.63, 3.8) is 0 Å². The summed E-state index contributed by atoms with van der Waals surface area (Å²) in [6.45, 7) is 2.28. The Morgan fingerprint density at radius 2 is 1.94 bits per heavy atom. The number of nitrogens with one attached hydrogen (secondary N) is 2. The highest BCUT2D eigenvalue weighted by Crippen LogP contribution is 2.45. The van der Waals surface area contributed by atoms with E-state index in [1.807, 2.05) is 49.4 Å². The van der Waals surface area contributed by atoms with Crippen LogP contribution in [0.5, 0.6) is 5.75 Å². The fourth-order valence-electron chi connectivity index (χ4n) is 4.39. The standard InChI is InChI=1S/C25H22ClN3O3/c1-25-14-21(20-7-2-3-8-22(20)32-25)28-24(31)29(25)19-6-4-5-17(13-19)23(30)27-15-16-9-11-18(26)12-10-16/h2-13,21H,14-15H2,1H3,(H,27,30)(H,28,31). The van der Waals surface area contributed by atoms with Crippen molar-refractivity contribution in [1.82, 2.24) is 10.6 Å². The molecule has 0 aliphatic carbocycles. The minimum atomic E-state index is -0.861. The number of amides is 3. The van der Waals surface area contributed by atoms with E-state index in [4.69, 9.17) is 16.3 Å². The van der Waals surface area contributed by atoms with E-state index in [1.54, 1.807) is 35.2 Å². The quantitative estimate of drug-likeness (QED) is 0.588. The first-order valence-electron chi connectivity index (χ1n) is 10.4. The number of fused-ring (bicyclic) bond motifs is 4. The molecule has 3 amide bonds. The molecule has 2 aliphatic heterocycles. The third-order valence-electron chi connectivity index (χ3n) is 5.91. The number of halogens is 1. The Kier molecular flexibility index (Phi) is 5.02. The van der Waals surface area contributed by atoms with Gasteiger partial charge in [-0.15, -0.1) is 0 Å². The zero-order valence-corrected chi connectivity index (χ0v) is 18.2. The number of hydrogen-bond donors (Lipinski definition) is 2. The highest BCUT2D eigenvalue weighted by Gasteiger charge is 2.49. The summed E-state index contributed by atoms with van der Waals surface area (Å²) in [7, 11) is 0. The number of rotatable bonds is 4. The van der Waals surface area contributed by atoms with Crippen LogP contribution in [0, 0.1) is 0 Å². The molecule has 0 radical (unpaired) electrons. The molecule has 2 atom stereocenters. The minimum absolute atomic E-state index is 0.112. The lowest BCUT2D eigenvalue weighted by atomic mass is 9.90. The van der Waals surface area contributed by atoms with E-state index < -0.39 is 5.72 Å². The Morgan fingerprint density at radius 1 is 1.16 bits per heavy atom. The molecule has 7 heteroatoms. The average Bonchev–Trinajstić information content (AvgIpc) is 2.78. The number of benzene rings is 3. The highest BCUT2D eigenvalue weighted by molar-refractivity contribution is 6.30. The topological polar surface area (TPSA) is 70.7 Å². The van der Waals surface area contributed by atoms with Crippen molar-refractivity contribution in [3.05, 3.63) is 94.5 Å². The van der Waals surface area contributed by atoms with Gasteiger partial charge in [0.25, 0.3) is 5.91 Å². The molecule has 2 aliphatic rings. The maximum absolute atomic E-state index is 13.1. The summed E-state index contributed by atoms with van der Waals surface area (Å²) in [5.74, 6) is 0.533. The normalized spacial score (nSPS) is 21.2. The third-order valence-corrected chi connectivity index (χ3v) is 6.17. The molecule has 5 rings (SSSR count). The van der Waals surface area contributed by atoms with Crippen molar-refractivity contribution in [3.8, 4) is 5.75 Å². The van der Waals surface area contributed by atoms with Gasteiger partial charge >= 0.3 is 6.03 Å². The fourth-order valence-corrected chi connectivity index (χ4v) is 4.51. The zero-order chi connectivity index (χ0) is 22.3. The maximum atomic E-state index is 13.1. The SMILES string of the molecule is CC12CC(NC(=O)N1c1cccc(C(=O)NCc3ccc(Cl)cc3)c1)c1ccccc1O2. The van der Waals surface area contributed by atoms with Gasteiger partial charge in [-0.3, -0.25) is 9.69 Å². The number of nitrogens with zero attached hydrogens (tertiary/aromatic N) is 1. The van der Waals surface area contributed by atoms with E-state index in [0.29, 0.717) is 29.2 Å². The maximum Gasteiger partial charge on any atom is 0.325 e. The Hall–Kier alpha value is -3.51. The van der Waals surface area contributed by atoms with Crippen molar-refractivity contribution < 1.29 is 14.3 Å². The summed E-state index contributed by atoms with van der Waals surface area (Å²) < 4.78 is 6.30. The molecular formula is C25H22ClN3O3. The number of carbonyl (C=O) groups excluding carboxylic acids is 2. The van der Waals surface area contributed by atoms with Crippen LogP contribution < -0.4 is 20.3 Å². The predicted octanol–water partition coefficient (Wildman–Crippen LogP) is 5.04. The monoisotopic (exact) mass is 447 g/mol. The van der Waals surface area contributed by atoms with Crippen molar-refractivity contribution in [2.24, 2.45) is 0 Å². The third kappa shape index (κ3) is 3.67. The van der Waals surface area contributed by atoms with Crippen LogP contribution in [0.1, 0.15) is 40.9 Å². The summed E-state index contributed by atoms with van der Waals surface area (Å²) in [6.07, 6.45) is 0.600. The number of ether oxygens (including phenoxy) is 1. The van der Waals surface area contributed by atoms with Gasteiger partial charge in [-0.25, -0.2) is 4.79 Å². The van der Waals surface area contributed by atoms with Crippen molar-refractivity contribution >= 4 is 29.2 Å². The Bertz CT molecular complexity index is 1200. The Labute approximate surface area is 191 Å². The molecule has 32 heavy (non-hydrogen) atoms. The van der Waals surface area contributed by atoms with Crippen LogP contribution in [0.15, 0.2) is 72.8 Å². The fraction of sp³-hybridized carbons (Fsp3) is 0.200. The van der Waals surface area contributed by atoms with Crippen LogP contribution >= 0.6 is 11.6 Å². The van der Waals surface area contributed by atoms with Crippen LogP contribution in [-0.2, 0) is 6.54 Å². The molecule has 3 aromatic carbocycles. The minimum Gasteiger partial charge on any atom is -0.467 e. The lowest BCUT2D eigenvalue weighted by molar-refractivity contribution is 0.0378. The molecule has 1 fully saturated rings. The molecule has 6 nitrogen and oxygen atoms in total. The number of carbonyl (C=O) groups is 2. The van der Waals surface area contributed by atoms with Gasteiger partial charge in [0.2, 0.25) is 0 Å². The molecule has 2 bridgehead atoms. The summed E-state index contributed by atoms with van der Waals surface area (Å²) in [6, 6.07) is 21.7. The van der Waals surface area contributed by atoms with E-state index in [-0.39, 0.29) is 18.0 Å². The average molecular weight is 448 g/mol. The second kappa shape index (κ2) is 7.88. The van der Waals surface area contributed by atoms with Crippen molar-refractivity contribution in [2.45, 2.75) is 31.7 Å². The number of urea groups is 1. The first-order valence-corrected chi connectivity index (χ1v) is 10.8. The highest BCUT2D eigenvalue weighted by atomic mass is 35.5. The first kappa shape index (κ1) is 20.4. The molecule has 162 valence electrons. The molecule has 0 saturated carbocycles.